The van der Waals surface area contributed by atoms with E-state index in [2.05, 4.69) is 43.5 Å². The monoisotopic (exact) mass is 349 g/mol. The average molecular weight is 349 g/mol. The normalized spacial score (nSPS) is 11.7. The van der Waals surface area contributed by atoms with Crippen LogP contribution in [0.25, 0.3) is 10.9 Å². The minimum atomic E-state index is 0.144. The van der Waals surface area contributed by atoms with Crippen LogP contribution in [0, 0.1) is 0 Å². The predicted octanol–water partition coefficient (Wildman–Crippen LogP) is 5.61. The molecule has 0 saturated carbocycles. The Labute approximate surface area is 155 Å². The van der Waals surface area contributed by atoms with Crippen molar-refractivity contribution < 1.29 is 9.53 Å². The SMILES string of the molecule is CCC(=O)c1cn(CCOc2ccc(C(C)(C)C)cc2)c2ccccc12. The van der Waals surface area contributed by atoms with Crippen molar-refractivity contribution in [2.45, 2.75) is 46.1 Å². The van der Waals surface area contributed by atoms with E-state index in [-0.39, 0.29) is 11.2 Å². The Morgan fingerprint density at radius 1 is 1.04 bits per heavy atom. The number of ketones is 1. The second-order valence-electron chi connectivity index (χ2n) is 7.65. The first-order valence-electron chi connectivity index (χ1n) is 9.24. The minimum absolute atomic E-state index is 0.144. The number of carbonyl (C=O) groups excluding carboxylic acids is 1. The number of Topliss-reactive ketones (excluding diaryl/α,β-unsaturated/α-hetero) is 1. The van der Waals surface area contributed by atoms with E-state index in [1.807, 2.05) is 43.5 Å². The summed E-state index contributed by atoms with van der Waals surface area (Å²) in [6, 6.07) is 16.4. The van der Waals surface area contributed by atoms with Gasteiger partial charge >= 0.3 is 0 Å². The van der Waals surface area contributed by atoms with E-state index in [0.29, 0.717) is 19.6 Å². The van der Waals surface area contributed by atoms with Gasteiger partial charge in [0.2, 0.25) is 0 Å². The van der Waals surface area contributed by atoms with Gasteiger partial charge in [-0.25, -0.2) is 0 Å². The Balaban J connectivity index is 1.71. The molecular weight excluding hydrogens is 322 g/mol. The highest BCUT2D eigenvalue weighted by molar-refractivity contribution is 6.07. The number of aromatic nitrogens is 1. The molecule has 3 rings (SSSR count). The molecule has 3 nitrogen and oxygen atoms in total. The Morgan fingerprint density at radius 3 is 2.38 bits per heavy atom. The van der Waals surface area contributed by atoms with Gasteiger partial charge in [0.05, 0.1) is 6.54 Å². The second-order valence-corrected chi connectivity index (χ2v) is 7.65. The van der Waals surface area contributed by atoms with Crippen LogP contribution in [0.3, 0.4) is 0 Å². The fourth-order valence-electron chi connectivity index (χ4n) is 3.16. The van der Waals surface area contributed by atoms with Gasteiger partial charge in [-0.2, -0.15) is 0 Å². The van der Waals surface area contributed by atoms with Crippen LogP contribution >= 0.6 is 0 Å². The molecule has 0 fully saturated rings. The standard InChI is InChI=1S/C23H27NO2/c1-5-22(25)20-16-24(21-9-7-6-8-19(20)21)14-15-26-18-12-10-17(11-13-18)23(2,3)4/h6-13,16H,5,14-15H2,1-4H3. The van der Waals surface area contributed by atoms with Gasteiger partial charge in [-0.3, -0.25) is 4.79 Å². The predicted molar refractivity (Wildman–Crippen MR) is 107 cm³/mol. The Morgan fingerprint density at radius 2 is 1.73 bits per heavy atom. The van der Waals surface area contributed by atoms with Gasteiger partial charge in [-0.15, -0.1) is 0 Å². The fourth-order valence-corrected chi connectivity index (χ4v) is 3.16. The maximum absolute atomic E-state index is 12.2. The molecule has 0 atom stereocenters. The molecule has 0 unspecified atom stereocenters. The Kier molecular flexibility index (Phi) is 5.17. The molecule has 0 N–H and O–H groups in total. The third kappa shape index (κ3) is 3.82. The van der Waals surface area contributed by atoms with Gasteiger partial charge < -0.3 is 9.30 Å². The molecule has 26 heavy (non-hydrogen) atoms. The van der Waals surface area contributed by atoms with Gasteiger partial charge in [0.25, 0.3) is 0 Å². The summed E-state index contributed by atoms with van der Waals surface area (Å²) in [6.45, 7) is 9.78. The summed E-state index contributed by atoms with van der Waals surface area (Å²) in [5.74, 6) is 1.05. The maximum Gasteiger partial charge on any atom is 0.164 e. The van der Waals surface area contributed by atoms with Gasteiger partial charge in [0.1, 0.15) is 12.4 Å². The smallest absolute Gasteiger partial charge is 0.164 e. The highest BCUT2D eigenvalue weighted by Gasteiger charge is 2.14. The maximum atomic E-state index is 12.2. The summed E-state index contributed by atoms with van der Waals surface area (Å²) in [5, 5.41) is 1.02. The third-order valence-corrected chi connectivity index (χ3v) is 4.73. The van der Waals surface area contributed by atoms with Crippen LogP contribution in [0.2, 0.25) is 0 Å². The first kappa shape index (κ1) is 18.2. The van der Waals surface area contributed by atoms with Crippen LogP contribution in [0.5, 0.6) is 5.75 Å². The topological polar surface area (TPSA) is 31.2 Å². The van der Waals surface area contributed by atoms with Gasteiger partial charge in [0.15, 0.2) is 5.78 Å². The number of hydrogen-bond donors (Lipinski definition) is 0. The van der Waals surface area contributed by atoms with Crippen molar-refractivity contribution in [3.8, 4) is 5.75 Å². The largest absolute Gasteiger partial charge is 0.492 e. The molecular formula is C23H27NO2. The van der Waals surface area contributed by atoms with Gasteiger partial charge in [-0.1, -0.05) is 58.0 Å². The van der Waals surface area contributed by atoms with E-state index >= 15 is 0 Å². The summed E-state index contributed by atoms with van der Waals surface area (Å²) >= 11 is 0. The zero-order valence-electron chi connectivity index (χ0n) is 16.1. The van der Waals surface area contributed by atoms with Crippen LogP contribution < -0.4 is 4.74 Å². The molecule has 1 heterocycles. The van der Waals surface area contributed by atoms with Crippen LogP contribution in [0.15, 0.2) is 54.7 Å². The van der Waals surface area contributed by atoms with E-state index in [1.54, 1.807) is 0 Å². The van der Waals surface area contributed by atoms with Crippen molar-refractivity contribution >= 4 is 16.7 Å². The summed E-state index contributed by atoms with van der Waals surface area (Å²) in [5.41, 5.74) is 3.32. The average Bonchev–Trinajstić information content (AvgIpc) is 3.00. The highest BCUT2D eigenvalue weighted by atomic mass is 16.5. The van der Waals surface area contributed by atoms with Gasteiger partial charge in [0, 0.05) is 29.1 Å². The molecule has 0 spiro atoms. The van der Waals surface area contributed by atoms with Crippen LogP contribution in [0.4, 0.5) is 0 Å². The van der Waals surface area contributed by atoms with Crippen LogP contribution in [-0.4, -0.2) is 17.0 Å². The molecule has 2 aromatic carbocycles. The minimum Gasteiger partial charge on any atom is -0.492 e. The third-order valence-electron chi connectivity index (χ3n) is 4.73. The first-order chi connectivity index (χ1) is 12.4. The number of rotatable bonds is 6. The molecule has 3 heteroatoms. The summed E-state index contributed by atoms with van der Waals surface area (Å²) in [7, 11) is 0. The molecule has 0 saturated heterocycles. The lowest BCUT2D eigenvalue weighted by Crippen LogP contribution is -2.11. The molecule has 0 radical (unpaired) electrons. The molecule has 1 aromatic heterocycles. The number of fused-ring (bicyclic) bond motifs is 1. The lowest BCUT2D eigenvalue weighted by molar-refractivity contribution is 0.0989. The lowest BCUT2D eigenvalue weighted by atomic mass is 9.87. The van der Waals surface area contributed by atoms with E-state index in [9.17, 15) is 4.79 Å². The van der Waals surface area contributed by atoms with E-state index in [0.717, 1.165) is 22.2 Å². The molecule has 136 valence electrons. The Bertz CT molecular complexity index is 898. The van der Waals surface area contributed by atoms with Crippen molar-refractivity contribution in [2.75, 3.05) is 6.61 Å². The molecule has 0 bridgehead atoms. The Hall–Kier alpha value is -2.55. The number of hydrogen-bond acceptors (Lipinski definition) is 2. The first-order valence-corrected chi connectivity index (χ1v) is 9.24. The van der Waals surface area contributed by atoms with Gasteiger partial charge in [-0.05, 0) is 29.2 Å². The molecule has 0 amide bonds. The molecule has 0 aliphatic heterocycles. The van der Waals surface area contributed by atoms with Crippen molar-refractivity contribution in [2.24, 2.45) is 0 Å². The number of nitrogens with zero attached hydrogens (tertiary/aromatic N) is 1. The zero-order valence-corrected chi connectivity index (χ0v) is 16.1. The summed E-state index contributed by atoms with van der Waals surface area (Å²) in [4.78, 5) is 12.2. The van der Waals surface area contributed by atoms with E-state index < -0.39 is 0 Å². The summed E-state index contributed by atoms with van der Waals surface area (Å²) < 4.78 is 8.03. The number of carbonyl (C=O) groups is 1. The quantitative estimate of drug-likeness (QED) is 0.542. The fraction of sp³-hybridized carbons (Fsp3) is 0.348. The number of para-hydroxylation sites is 1. The van der Waals surface area contributed by atoms with Crippen molar-refractivity contribution in [1.29, 1.82) is 0 Å². The van der Waals surface area contributed by atoms with Crippen LogP contribution in [-0.2, 0) is 12.0 Å². The van der Waals surface area contributed by atoms with E-state index in [1.165, 1.54) is 5.56 Å². The highest BCUT2D eigenvalue weighted by Crippen LogP contribution is 2.25. The van der Waals surface area contributed by atoms with Crippen molar-refractivity contribution in [3.63, 3.8) is 0 Å². The van der Waals surface area contributed by atoms with Crippen molar-refractivity contribution in [1.82, 2.24) is 4.57 Å². The van der Waals surface area contributed by atoms with E-state index in [4.69, 9.17) is 4.74 Å². The second kappa shape index (κ2) is 7.36. The van der Waals surface area contributed by atoms with Crippen LogP contribution in [0.1, 0.15) is 50.0 Å². The molecule has 0 aliphatic rings. The zero-order chi connectivity index (χ0) is 18.7. The summed E-state index contributed by atoms with van der Waals surface area (Å²) in [6.07, 6.45) is 2.48. The molecule has 0 aliphatic carbocycles. The van der Waals surface area contributed by atoms with Crippen molar-refractivity contribution in [3.05, 3.63) is 65.9 Å². The number of ether oxygens (including phenoxy) is 1. The number of benzene rings is 2. The lowest BCUT2D eigenvalue weighted by Gasteiger charge is -2.19. The molecule has 3 aromatic rings.